The Bertz CT molecular complexity index is 1710. The lowest BCUT2D eigenvalue weighted by atomic mass is 9.35. The lowest BCUT2D eigenvalue weighted by molar-refractivity contribution is -0.375. The van der Waals surface area contributed by atoms with Gasteiger partial charge in [-0.25, -0.2) is 0 Å². The zero-order valence-corrected chi connectivity index (χ0v) is 37.8. The Morgan fingerprint density at radius 2 is 1.32 bits per heavy atom. The fraction of sp³-hybridized carbons (Fsp3) is 0.957. The van der Waals surface area contributed by atoms with Crippen molar-refractivity contribution < 1.29 is 83.9 Å². The van der Waals surface area contributed by atoms with E-state index in [4.69, 9.17) is 37.9 Å². The summed E-state index contributed by atoms with van der Waals surface area (Å²) in [4.78, 5) is 0. The van der Waals surface area contributed by atoms with E-state index < -0.39 is 110 Å². The monoisotopic (exact) mass is 898 g/mol. The summed E-state index contributed by atoms with van der Waals surface area (Å²) in [5, 5.41) is 96.9. The fourth-order valence-corrected chi connectivity index (χ4v) is 15.5. The number of hydrogen-bond acceptors (Lipinski definition) is 17. The van der Waals surface area contributed by atoms with Gasteiger partial charge in [0, 0.05) is 23.7 Å². The zero-order chi connectivity index (χ0) is 45.4. The minimum absolute atomic E-state index is 0.0626. The normalized spacial score (nSPS) is 57.2. The highest BCUT2D eigenvalue weighted by Gasteiger charge is 2.81. The second-order valence-electron chi connectivity index (χ2n) is 22.4. The van der Waals surface area contributed by atoms with Crippen LogP contribution in [0.4, 0.5) is 0 Å². The van der Waals surface area contributed by atoms with Crippen molar-refractivity contribution in [2.24, 2.45) is 51.2 Å². The molecule has 2 bridgehead atoms. The molecular weight excluding hydrogens is 824 g/mol. The summed E-state index contributed by atoms with van der Waals surface area (Å²) in [7, 11) is 0. The molecule has 4 saturated carbocycles. The summed E-state index contributed by atoms with van der Waals surface area (Å²) >= 11 is 0. The van der Waals surface area contributed by atoms with Crippen molar-refractivity contribution in [2.45, 2.75) is 191 Å². The lowest BCUT2D eigenvalue weighted by Crippen LogP contribution is -2.68. The van der Waals surface area contributed by atoms with Crippen molar-refractivity contribution in [3.8, 4) is 0 Å². The smallest absolute Gasteiger partial charge is 0.187 e. The first kappa shape index (κ1) is 47.1. The number of rotatable bonds is 9. The Labute approximate surface area is 369 Å². The Morgan fingerprint density at radius 1 is 0.683 bits per heavy atom. The molecule has 0 amide bonds. The van der Waals surface area contributed by atoms with Crippen molar-refractivity contribution in [1.29, 1.82) is 0 Å². The molecule has 24 atom stereocenters. The van der Waals surface area contributed by atoms with Crippen molar-refractivity contribution >= 4 is 0 Å². The van der Waals surface area contributed by atoms with Crippen LogP contribution in [0.15, 0.2) is 11.6 Å². The summed E-state index contributed by atoms with van der Waals surface area (Å²) in [6.45, 7) is 15.1. The molecule has 0 aromatic carbocycles. The third kappa shape index (κ3) is 6.95. The second kappa shape index (κ2) is 16.4. The van der Waals surface area contributed by atoms with Crippen LogP contribution in [0.25, 0.3) is 0 Å². The van der Waals surface area contributed by atoms with Gasteiger partial charge in [0.1, 0.15) is 61.0 Å². The molecule has 5 saturated heterocycles. The SMILES string of the molecule is CC(C)=CC1CO[C@]23C[C@]4(CO2)[C@H](CC[C@@H]2[C@@]5(C)CC[C@H](O[C@@H]6OC[C@H](O)[C@H](O[C@@H]7O[C@H](CO)[C@@H](O)[C@H](O)[C@H]7O)[C@H]6O[C@@H]6O[C@@H](CO)[C@H](O)[C@H]6O)C(C)(C)[C@@H]5CC[C@]24C)[C@H]3[C@@]1(C)O. The molecule has 1 unspecified atom stereocenters. The second-order valence-corrected chi connectivity index (χ2v) is 22.4. The fourth-order valence-electron chi connectivity index (χ4n) is 15.5. The van der Waals surface area contributed by atoms with E-state index in [-0.39, 0.29) is 52.6 Å². The third-order valence-corrected chi connectivity index (χ3v) is 18.7. The minimum atomic E-state index is -1.79. The molecule has 0 radical (unpaired) electrons. The molecule has 0 aromatic heterocycles. The number of fused-ring (bicyclic) bond motifs is 4. The van der Waals surface area contributed by atoms with E-state index in [0.717, 1.165) is 44.1 Å². The number of hydrogen-bond donors (Lipinski definition) is 9. The number of aliphatic hydroxyl groups excluding tert-OH is 8. The molecule has 5 aliphatic heterocycles. The molecule has 9 fully saturated rings. The molecule has 9 rings (SSSR count). The molecule has 2 spiro atoms. The summed E-state index contributed by atoms with van der Waals surface area (Å²) < 4.78 is 50.5. The highest BCUT2D eigenvalue weighted by molar-refractivity contribution is 5.27. The van der Waals surface area contributed by atoms with Crippen LogP contribution in [0.1, 0.15) is 93.4 Å². The first-order chi connectivity index (χ1) is 29.6. The standard InChI is InChI=1S/C46H74O17/c1-21(2)14-22-17-57-46-19-45(20-58-46)23(37(46)44(22,7)55)8-9-28-42(5)12-11-29(41(3,4)27(42)10-13-43(28,45)6)61-40-36(63-38-33(53)31(51)26(16-48)60-38)35(24(49)18-56-40)62-39-34(54)32(52)30(50)25(15-47)59-39/h14,22-40,47-55H,8-13,15-20H2,1-7H3/t22?,23-,24+,25-,26+,27+,28-,29+,30-,31+,32+,33-,34-,35+,36-,37+,38+,39+,40+,42+,43-,44+,45+,46-/m1/s1. The molecule has 9 aliphatic rings. The topological polar surface area (TPSA) is 256 Å². The van der Waals surface area contributed by atoms with Gasteiger partial charge in [-0.15, -0.1) is 0 Å². The van der Waals surface area contributed by atoms with Gasteiger partial charge in [-0.3, -0.25) is 0 Å². The molecule has 17 heteroatoms. The number of ether oxygens (including phenoxy) is 8. The summed E-state index contributed by atoms with van der Waals surface area (Å²) in [6, 6.07) is 0. The van der Waals surface area contributed by atoms with E-state index >= 15 is 0 Å². The van der Waals surface area contributed by atoms with Crippen LogP contribution in [0.3, 0.4) is 0 Å². The van der Waals surface area contributed by atoms with Gasteiger partial charge in [-0.1, -0.05) is 39.3 Å². The van der Waals surface area contributed by atoms with Gasteiger partial charge < -0.3 is 83.9 Å². The van der Waals surface area contributed by atoms with Crippen LogP contribution < -0.4 is 0 Å². The maximum Gasteiger partial charge on any atom is 0.187 e. The van der Waals surface area contributed by atoms with Gasteiger partial charge in [-0.2, -0.15) is 0 Å². The van der Waals surface area contributed by atoms with Gasteiger partial charge in [0.25, 0.3) is 0 Å². The van der Waals surface area contributed by atoms with Crippen molar-refractivity contribution in [3.05, 3.63) is 11.6 Å². The molecule has 5 heterocycles. The Balaban J connectivity index is 0.970. The first-order valence-corrected chi connectivity index (χ1v) is 23.4. The van der Waals surface area contributed by atoms with Crippen LogP contribution in [0.2, 0.25) is 0 Å². The van der Waals surface area contributed by atoms with E-state index in [0.29, 0.717) is 25.6 Å². The quantitative estimate of drug-likeness (QED) is 0.113. The van der Waals surface area contributed by atoms with Gasteiger partial charge in [0.05, 0.1) is 44.7 Å². The first-order valence-electron chi connectivity index (χ1n) is 23.4. The third-order valence-electron chi connectivity index (χ3n) is 18.7. The van der Waals surface area contributed by atoms with Gasteiger partial charge in [0.2, 0.25) is 0 Å². The van der Waals surface area contributed by atoms with Gasteiger partial charge in [-0.05, 0) is 93.3 Å². The van der Waals surface area contributed by atoms with Crippen LogP contribution in [-0.2, 0) is 37.9 Å². The van der Waals surface area contributed by atoms with Gasteiger partial charge in [0.15, 0.2) is 24.7 Å². The zero-order valence-electron chi connectivity index (χ0n) is 37.8. The molecule has 9 N–H and O–H groups in total. The highest BCUT2D eigenvalue weighted by Crippen LogP contribution is 2.80. The van der Waals surface area contributed by atoms with Crippen molar-refractivity contribution in [1.82, 2.24) is 0 Å². The molecule has 4 aliphatic carbocycles. The van der Waals surface area contributed by atoms with E-state index in [1.54, 1.807) is 0 Å². The maximum absolute atomic E-state index is 12.4. The predicted molar refractivity (Wildman–Crippen MR) is 219 cm³/mol. The van der Waals surface area contributed by atoms with E-state index in [9.17, 15) is 46.0 Å². The predicted octanol–water partition coefficient (Wildman–Crippen LogP) is 0.463. The minimum Gasteiger partial charge on any atom is -0.394 e. The van der Waals surface area contributed by atoms with Crippen LogP contribution >= 0.6 is 0 Å². The molecule has 0 aromatic rings. The average Bonchev–Trinajstić information content (AvgIpc) is 3.85. The maximum atomic E-state index is 12.4. The van der Waals surface area contributed by atoms with E-state index in [2.05, 4.69) is 47.6 Å². The molecule has 63 heavy (non-hydrogen) atoms. The van der Waals surface area contributed by atoms with E-state index in [1.807, 2.05) is 6.92 Å². The number of aliphatic hydroxyl groups is 9. The van der Waals surface area contributed by atoms with Crippen LogP contribution in [-0.4, -0.2) is 176 Å². The Morgan fingerprint density at radius 3 is 1.97 bits per heavy atom. The molecule has 360 valence electrons. The highest BCUT2D eigenvalue weighted by atomic mass is 16.8. The Kier molecular flexibility index (Phi) is 12.2. The van der Waals surface area contributed by atoms with Crippen molar-refractivity contribution in [3.63, 3.8) is 0 Å². The molecular formula is C46H74O17. The lowest BCUT2D eigenvalue weighted by Gasteiger charge is -2.70. The van der Waals surface area contributed by atoms with Crippen molar-refractivity contribution in [2.75, 3.05) is 33.0 Å². The van der Waals surface area contributed by atoms with Gasteiger partial charge >= 0.3 is 0 Å². The summed E-state index contributed by atoms with van der Waals surface area (Å²) in [5.41, 5.74) is -0.487. The largest absolute Gasteiger partial charge is 0.394 e. The van der Waals surface area contributed by atoms with E-state index in [1.165, 1.54) is 0 Å². The van der Waals surface area contributed by atoms with Crippen LogP contribution in [0, 0.1) is 51.2 Å². The molecule has 17 nitrogen and oxygen atoms in total. The number of allylic oxidation sites excluding steroid dienone is 1. The summed E-state index contributed by atoms with van der Waals surface area (Å²) in [6.07, 6.45) is -11.3. The average molecular weight is 899 g/mol. The summed E-state index contributed by atoms with van der Waals surface area (Å²) in [5.74, 6) is -0.140. The Hall–Kier alpha value is -0.940. The van der Waals surface area contributed by atoms with Crippen LogP contribution in [0.5, 0.6) is 0 Å².